The maximum Gasteiger partial charge on any atom is 0.147 e. The van der Waals surface area contributed by atoms with Crippen LogP contribution in [0.5, 0.6) is 0 Å². The fourth-order valence-corrected chi connectivity index (χ4v) is 2.13. The summed E-state index contributed by atoms with van der Waals surface area (Å²) in [5.74, 6) is 0.593. The second kappa shape index (κ2) is 4.18. The number of aryl methyl sites for hydroxylation is 1. The zero-order chi connectivity index (χ0) is 12.5. The highest BCUT2D eigenvalue weighted by atomic mass is 15.1. The van der Waals surface area contributed by atoms with E-state index in [1.54, 1.807) is 0 Å². The molecule has 1 aliphatic rings. The van der Waals surface area contributed by atoms with E-state index in [0.29, 0.717) is 5.84 Å². The number of fused-ring (bicyclic) bond motifs is 1. The quantitative estimate of drug-likeness (QED) is 0.801. The average Bonchev–Trinajstić information content (AvgIpc) is 2.39. The van der Waals surface area contributed by atoms with Crippen molar-refractivity contribution in [3.8, 4) is 0 Å². The number of nitrogens with one attached hydrogen (secondary N) is 1. The van der Waals surface area contributed by atoms with Crippen LogP contribution in [0.2, 0.25) is 0 Å². The number of hydrogen-bond acceptors (Lipinski definition) is 3. The molecular formula is C15H15N3. The van der Waals surface area contributed by atoms with Gasteiger partial charge in [-0.2, -0.15) is 0 Å². The minimum atomic E-state index is -0.0968. The Kier molecular flexibility index (Phi) is 2.52. The first-order valence-electron chi connectivity index (χ1n) is 6.00. The second-order valence-electron chi connectivity index (χ2n) is 4.52. The summed E-state index contributed by atoms with van der Waals surface area (Å²) in [6, 6.07) is 16.3. The fraction of sp³-hybridized carbons (Fsp3) is 0.133. The smallest absolute Gasteiger partial charge is 0.147 e. The lowest BCUT2D eigenvalue weighted by Gasteiger charge is -2.24. The summed E-state index contributed by atoms with van der Waals surface area (Å²) < 4.78 is 0. The molecular weight excluding hydrogens is 222 g/mol. The highest BCUT2D eigenvalue weighted by Crippen LogP contribution is 2.28. The number of aliphatic imine (C=N–C) groups is 1. The molecule has 0 bridgehead atoms. The molecule has 3 nitrogen and oxygen atoms in total. The molecule has 90 valence electrons. The average molecular weight is 237 g/mol. The molecule has 0 radical (unpaired) electrons. The van der Waals surface area contributed by atoms with Crippen molar-refractivity contribution in [2.45, 2.75) is 13.1 Å². The molecule has 0 saturated carbocycles. The molecule has 0 spiro atoms. The number of nitrogens with zero attached hydrogens (tertiary/aromatic N) is 1. The van der Waals surface area contributed by atoms with E-state index in [2.05, 4.69) is 41.5 Å². The summed E-state index contributed by atoms with van der Waals surface area (Å²) in [6.45, 7) is 2.07. The van der Waals surface area contributed by atoms with E-state index in [1.165, 1.54) is 5.56 Å². The van der Waals surface area contributed by atoms with Crippen LogP contribution in [0.15, 0.2) is 53.5 Å². The molecule has 18 heavy (non-hydrogen) atoms. The Balaban J connectivity index is 1.99. The first-order valence-corrected chi connectivity index (χ1v) is 6.00. The Morgan fingerprint density at radius 1 is 1.06 bits per heavy atom. The van der Waals surface area contributed by atoms with E-state index in [4.69, 9.17) is 5.73 Å². The lowest BCUT2D eigenvalue weighted by molar-refractivity contribution is 0.824. The first kappa shape index (κ1) is 10.8. The van der Waals surface area contributed by atoms with Crippen LogP contribution in [0, 0.1) is 6.92 Å². The molecule has 0 aromatic heterocycles. The molecule has 1 atom stereocenters. The van der Waals surface area contributed by atoms with Crippen molar-refractivity contribution in [1.82, 2.24) is 0 Å². The Bertz CT molecular complexity index is 599. The van der Waals surface area contributed by atoms with Crippen LogP contribution in [0.25, 0.3) is 0 Å². The number of anilines is 1. The molecule has 0 saturated heterocycles. The zero-order valence-electron chi connectivity index (χ0n) is 10.2. The molecule has 2 aromatic rings. The number of hydrogen-bond donors (Lipinski definition) is 2. The lowest BCUT2D eigenvalue weighted by atomic mass is 10.1. The highest BCUT2D eigenvalue weighted by molar-refractivity contribution is 6.03. The van der Waals surface area contributed by atoms with Crippen molar-refractivity contribution in [3.05, 3.63) is 65.2 Å². The van der Waals surface area contributed by atoms with Gasteiger partial charge in [-0.05, 0) is 24.6 Å². The topological polar surface area (TPSA) is 50.4 Å². The molecule has 1 heterocycles. The third kappa shape index (κ3) is 1.84. The summed E-state index contributed by atoms with van der Waals surface area (Å²) in [5.41, 5.74) is 10.4. The van der Waals surface area contributed by atoms with E-state index in [1.807, 2.05) is 24.3 Å². The van der Waals surface area contributed by atoms with Crippen LogP contribution in [-0.2, 0) is 0 Å². The number of para-hydroxylation sites is 1. The van der Waals surface area contributed by atoms with E-state index >= 15 is 0 Å². The summed E-state index contributed by atoms with van der Waals surface area (Å²) in [7, 11) is 0. The van der Waals surface area contributed by atoms with E-state index in [0.717, 1.165) is 16.8 Å². The Morgan fingerprint density at radius 3 is 2.56 bits per heavy atom. The van der Waals surface area contributed by atoms with Crippen molar-refractivity contribution in [2.24, 2.45) is 10.7 Å². The van der Waals surface area contributed by atoms with Gasteiger partial charge < -0.3 is 11.1 Å². The molecule has 2 aromatic carbocycles. The number of rotatable bonds is 1. The van der Waals surface area contributed by atoms with Crippen molar-refractivity contribution >= 4 is 11.5 Å². The largest absolute Gasteiger partial charge is 0.383 e. The van der Waals surface area contributed by atoms with Crippen LogP contribution in [0.1, 0.15) is 22.9 Å². The van der Waals surface area contributed by atoms with Gasteiger partial charge >= 0.3 is 0 Å². The Hall–Kier alpha value is -2.29. The molecule has 3 rings (SSSR count). The third-order valence-corrected chi connectivity index (χ3v) is 3.16. The second-order valence-corrected chi connectivity index (χ2v) is 4.52. The maximum absolute atomic E-state index is 6.01. The number of amidine groups is 1. The Labute approximate surface area is 106 Å². The minimum absolute atomic E-state index is 0.0968. The summed E-state index contributed by atoms with van der Waals surface area (Å²) >= 11 is 0. The Morgan fingerprint density at radius 2 is 1.78 bits per heavy atom. The molecule has 1 aliphatic heterocycles. The zero-order valence-corrected chi connectivity index (χ0v) is 10.2. The van der Waals surface area contributed by atoms with Crippen LogP contribution in [0.4, 0.5) is 5.69 Å². The number of benzene rings is 2. The van der Waals surface area contributed by atoms with Gasteiger partial charge in [0.05, 0.1) is 0 Å². The molecule has 3 N–H and O–H groups in total. The molecule has 3 heteroatoms. The summed E-state index contributed by atoms with van der Waals surface area (Å²) in [4.78, 5) is 4.51. The van der Waals surface area contributed by atoms with Crippen LogP contribution >= 0.6 is 0 Å². The van der Waals surface area contributed by atoms with Gasteiger partial charge in [-0.3, -0.25) is 0 Å². The van der Waals surface area contributed by atoms with Crippen molar-refractivity contribution in [2.75, 3.05) is 5.32 Å². The highest BCUT2D eigenvalue weighted by Gasteiger charge is 2.18. The summed E-state index contributed by atoms with van der Waals surface area (Å²) in [6.07, 6.45) is -0.0968. The van der Waals surface area contributed by atoms with Gasteiger partial charge in [0.25, 0.3) is 0 Å². The lowest BCUT2D eigenvalue weighted by Crippen LogP contribution is -2.25. The van der Waals surface area contributed by atoms with Crippen molar-refractivity contribution in [1.29, 1.82) is 0 Å². The van der Waals surface area contributed by atoms with Crippen LogP contribution in [-0.4, -0.2) is 5.84 Å². The van der Waals surface area contributed by atoms with Gasteiger partial charge in [0.1, 0.15) is 12.0 Å². The fourth-order valence-electron chi connectivity index (χ4n) is 2.13. The standard InChI is InChI=1S/C15H15N3/c1-10-6-8-11(9-7-10)15-17-13-5-3-2-4-12(13)14(16)18-15/h2-9,15,17H,1H3,(H2,16,18). The van der Waals surface area contributed by atoms with Gasteiger partial charge in [0.2, 0.25) is 0 Å². The van der Waals surface area contributed by atoms with Gasteiger partial charge in [-0.15, -0.1) is 0 Å². The van der Waals surface area contributed by atoms with Gasteiger partial charge in [-0.1, -0.05) is 42.0 Å². The molecule has 0 fully saturated rings. The molecule has 1 unspecified atom stereocenters. The monoisotopic (exact) mass is 237 g/mol. The molecule has 0 amide bonds. The predicted octanol–water partition coefficient (Wildman–Crippen LogP) is 2.82. The summed E-state index contributed by atoms with van der Waals surface area (Å²) in [5, 5.41) is 3.40. The van der Waals surface area contributed by atoms with Crippen molar-refractivity contribution < 1.29 is 0 Å². The van der Waals surface area contributed by atoms with Gasteiger partial charge in [0, 0.05) is 11.3 Å². The van der Waals surface area contributed by atoms with E-state index < -0.39 is 0 Å². The maximum atomic E-state index is 6.01. The first-order chi connectivity index (χ1) is 8.74. The SMILES string of the molecule is Cc1ccc(C2N=C(N)c3ccccc3N2)cc1. The molecule has 0 aliphatic carbocycles. The normalized spacial score (nSPS) is 17.6. The number of nitrogens with two attached hydrogens (primary N) is 1. The van der Waals surface area contributed by atoms with E-state index in [9.17, 15) is 0 Å². The van der Waals surface area contributed by atoms with Crippen LogP contribution < -0.4 is 11.1 Å². The van der Waals surface area contributed by atoms with Crippen LogP contribution in [0.3, 0.4) is 0 Å². The van der Waals surface area contributed by atoms with E-state index in [-0.39, 0.29) is 6.17 Å². The van der Waals surface area contributed by atoms with Crippen molar-refractivity contribution in [3.63, 3.8) is 0 Å². The third-order valence-electron chi connectivity index (χ3n) is 3.16. The van der Waals surface area contributed by atoms with Gasteiger partial charge in [-0.25, -0.2) is 4.99 Å². The predicted molar refractivity (Wildman–Crippen MR) is 74.7 cm³/mol. The van der Waals surface area contributed by atoms with Gasteiger partial charge in [0.15, 0.2) is 0 Å². The minimum Gasteiger partial charge on any atom is -0.383 e.